The highest BCUT2D eigenvalue weighted by Crippen LogP contribution is 2.26. The maximum absolute atomic E-state index is 12.0. The highest BCUT2D eigenvalue weighted by Gasteiger charge is 2.31. The average Bonchev–Trinajstić information content (AvgIpc) is 2.27. The fourth-order valence-electron chi connectivity index (χ4n) is 1.60. The second-order valence-corrected chi connectivity index (χ2v) is 6.58. The van der Waals surface area contributed by atoms with Crippen molar-refractivity contribution in [3.05, 3.63) is 29.8 Å². The summed E-state index contributed by atoms with van der Waals surface area (Å²) in [6.45, 7) is 5.47. The van der Waals surface area contributed by atoms with E-state index in [1.54, 1.807) is 0 Å². The number of hydrogen-bond donors (Lipinski definition) is 0. The first-order chi connectivity index (χ1) is 8.99. The third-order valence-corrected chi connectivity index (χ3v) is 3.34. The predicted octanol–water partition coefficient (Wildman–Crippen LogP) is 4.51. The summed E-state index contributed by atoms with van der Waals surface area (Å²) >= 11 is 3.32. The molecule has 0 radical (unpaired) electrons. The smallest absolute Gasteiger partial charge is 0.406 e. The summed E-state index contributed by atoms with van der Waals surface area (Å²) < 4.78 is 39.8. The maximum Gasteiger partial charge on any atom is 0.573 e. The van der Waals surface area contributed by atoms with E-state index in [1.807, 2.05) is 20.8 Å². The predicted molar refractivity (Wildman–Crippen MR) is 74.0 cm³/mol. The molecular formula is C14H16BrF3O2. The van der Waals surface area contributed by atoms with Gasteiger partial charge < -0.3 is 4.74 Å². The number of ketones is 1. The second-order valence-electron chi connectivity index (χ2n) is 5.48. The standard InChI is InChI=1S/C14H16BrF3O2/c1-13(2,3)12(19)11(15)8-9-4-6-10(7-5-9)20-14(16,17)18/h4-7,11H,8H2,1-3H3. The van der Waals surface area contributed by atoms with Crippen LogP contribution in [-0.2, 0) is 11.2 Å². The average molecular weight is 353 g/mol. The van der Waals surface area contributed by atoms with Crippen LogP contribution in [0.1, 0.15) is 26.3 Å². The SMILES string of the molecule is CC(C)(C)C(=O)C(Br)Cc1ccc(OC(F)(F)F)cc1. The van der Waals surface area contributed by atoms with Gasteiger partial charge in [0.1, 0.15) is 5.75 Å². The summed E-state index contributed by atoms with van der Waals surface area (Å²) in [5.41, 5.74) is 0.298. The molecule has 0 bridgehead atoms. The molecule has 0 heterocycles. The normalized spacial score (nSPS) is 13.9. The quantitative estimate of drug-likeness (QED) is 0.745. The van der Waals surface area contributed by atoms with Crippen LogP contribution < -0.4 is 4.74 Å². The molecule has 1 aromatic carbocycles. The molecule has 1 rings (SSSR count). The minimum atomic E-state index is -4.69. The van der Waals surface area contributed by atoms with Gasteiger partial charge in [-0.25, -0.2) is 0 Å². The lowest BCUT2D eigenvalue weighted by molar-refractivity contribution is -0.274. The van der Waals surface area contributed by atoms with Crippen molar-refractivity contribution in [1.29, 1.82) is 0 Å². The van der Waals surface area contributed by atoms with Gasteiger partial charge in [0.15, 0.2) is 5.78 Å². The van der Waals surface area contributed by atoms with Crippen LogP contribution in [0.25, 0.3) is 0 Å². The van der Waals surface area contributed by atoms with Crippen LogP contribution in [0.3, 0.4) is 0 Å². The lowest BCUT2D eigenvalue weighted by Gasteiger charge is -2.20. The van der Waals surface area contributed by atoms with E-state index in [-0.39, 0.29) is 16.4 Å². The van der Waals surface area contributed by atoms with Crippen molar-refractivity contribution in [1.82, 2.24) is 0 Å². The number of benzene rings is 1. The summed E-state index contributed by atoms with van der Waals surface area (Å²) in [5, 5.41) is 0. The lowest BCUT2D eigenvalue weighted by atomic mass is 9.87. The van der Waals surface area contributed by atoms with Crippen molar-refractivity contribution in [2.24, 2.45) is 5.41 Å². The number of ether oxygens (including phenoxy) is 1. The zero-order chi connectivity index (χ0) is 15.6. The maximum atomic E-state index is 12.0. The summed E-state index contributed by atoms with van der Waals surface area (Å²) in [4.78, 5) is 11.6. The monoisotopic (exact) mass is 352 g/mol. The van der Waals surface area contributed by atoms with Crippen molar-refractivity contribution < 1.29 is 22.7 Å². The Morgan fingerprint density at radius 1 is 1.20 bits per heavy atom. The molecule has 0 aromatic heterocycles. The Labute approximate surface area is 124 Å². The molecule has 6 heteroatoms. The molecule has 112 valence electrons. The van der Waals surface area contributed by atoms with Crippen LogP contribution in [-0.4, -0.2) is 17.0 Å². The first kappa shape index (κ1) is 17.0. The third kappa shape index (κ3) is 5.53. The fourth-order valence-corrected chi connectivity index (χ4v) is 2.66. The van der Waals surface area contributed by atoms with Crippen LogP contribution >= 0.6 is 15.9 Å². The van der Waals surface area contributed by atoms with Crippen molar-refractivity contribution in [2.75, 3.05) is 0 Å². The van der Waals surface area contributed by atoms with Gasteiger partial charge in [0, 0.05) is 5.41 Å². The summed E-state index contributed by atoms with van der Waals surface area (Å²) in [5.74, 6) is -0.220. The Bertz CT molecular complexity index is 461. The number of alkyl halides is 4. The molecule has 1 unspecified atom stereocenters. The third-order valence-electron chi connectivity index (χ3n) is 2.60. The molecule has 0 aliphatic heterocycles. The Morgan fingerprint density at radius 3 is 2.10 bits per heavy atom. The molecule has 0 N–H and O–H groups in total. The van der Waals surface area contributed by atoms with Crippen LogP contribution in [0.4, 0.5) is 13.2 Å². The van der Waals surface area contributed by atoms with E-state index >= 15 is 0 Å². The molecule has 1 aromatic rings. The number of halogens is 4. The van der Waals surface area contributed by atoms with E-state index in [9.17, 15) is 18.0 Å². The van der Waals surface area contributed by atoms with Crippen molar-refractivity contribution >= 4 is 21.7 Å². The van der Waals surface area contributed by atoms with Gasteiger partial charge in [0.05, 0.1) is 4.83 Å². The highest BCUT2D eigenvalue weighted by atomic mass is 79.9. The van der Waals surface area contributed by atoms with Gasteiger partial charge in [-0.15, -0.1) is 13.2 Å². The summed E-state index contributed by atoms with van der Waals surface area (Å²) in [6.07, 6.45) is -4.27. The van der Waals surface area contributed by atoms with E-state index in [2.05, 4.69) is 20.7 Å². The van der Waals surface area contributed by atoms with Crippen LogP contribution in [0.5, 0.6) is 5.75 Å². The van der Waals surface area contributed by atoms with Crippen LogP contribution in [0.2, 0.25) is 0 Å². The molecule has 0 amide bonds. The van der Waals surface area contributed by atoms with Crippen LogP contribution in [0, 0.1) is 5.41 Å². The van der Waals surface area contributed by atoms with E-state index in [0.29, 0.717) is 6.42 Å². The van der Waals surface area contributed by atoms with E-state index < -0.39 is 11.8 Å². The minimum Gasteiger partial charge on any atom is -0.406 e. The summed E-state index contributed by atoms with van der Waals surface area (Å²) in [7, 11) is 0. The largest absolute Gasteiger partial charge is 0.573 e. The van der Waals surface area contributed by atoms with Crippen LogP contribution in [0.15, 0.2) is 24.3 Å². The zero-order valence-electron chi connectivity index (χ0n) is 11.4. The summed E-state index contributed by atoms with van der Waals surface area (Å²) in [6, 6.07) is 5.52. The Morgan fingerprint density at radius 2 is 1.70 bits per heavy atom. The highest BCUT2D eigenvalue weighted by molar-refractivity contribution is 9.10. The van der Waals surface area contributed by atoms with Gasteiger partial charge in [-0.05, 0) is 24.1 Å². The molecular weight excluding hydrogens is 337 g/mol. The Hall–Kier alpha value is -1.04. The molecule has 2 nitrogen and oxygen atoms in total. The van der Waals surface area contributed by atoms with E-state index in [0.717, 1.165) is 5.56 Å². The van der Waals surface area contributed by atoms with Gasteiger partial charge in [0.2, 0.25) is 0 Å². The van der Waals surface area contributed by atoms with Gasteiger partial charge in [0.25, 0.3) is 0 Å². The number of carbonyl (C=O) groups is 1. The first-order valence-electron chi connectivity index (χ1n) is 6.02. The van der Waals surface area contributed by atoms with Gasteiger partial charge >= 0.3 is 6.36 Å². The van der Waals surface area contributed by atoms with E-state index in [1.165, 1.54) is 24.3 Å². The van der Waals surface area contributed by atoms with Crippen molar-refractivity contribution in [3.63, 3.8) is 0 Å². The number of rotatable bonds is 4. The van der Waals surface area contributed by atoms with Crippen molar-refractivity contribution in [3.8, 4) is 5.75 Å². The van der Waals surface area contributed by atoms with Gasteiger partial charge in [-0.1, -0.05) is 48.8 Å². The number of hydrogen-bond acceptors (Lipinski definition) is 2. The molecule has 0 saturated heterocycles. The molecule has 0 aliphatic carbocycles. The number of carbonyl (C=O) groups excluding carboxylic acids is 1. The molecule has 0 aliphatic rings. The molecule has 20 heavy (non-hydrogen) atoms. The minimum absolute atomic E-state index is 0.0492. The molecule has 0 saturated carbocycles. The molecule has 0 spiro atoms. The number of Topliss-reactive ketones (excluding diaryl/α,β-unsaturated/α-hetero) is 1. The van der Waals surface area contributed by atoms with E-state index in [4.69, 9.17) is 0 Å². The molecule has 1 atom stereocenters. The lowest BCUT2D eigenvalue weighted by Crippen LogP contribution is -2.30. The second kappa shape index (κ2) is 6.16. The molecule has 0 fully saturated rings. The fraction of sp³-hybridized carbons (Fsp3) is 0.500. The van der Waals surface area contributed by atoms with Gasteiger partial charge in [-0.3, -0.25) is 4.79 Å². The first-order valence-corrected chi connectivity index (χ1v) is 6.94. The Kier molecular flexibility index (Phi) is 5.24. The zero-order valence-corrected chi connectivity index (χ0v) is 13.0. The Balaban J connectivity index is 2.69. The van der Waals surface area contributed by atoms with Gasteiger partial charge in [-0.2, -0.15) is 0 Å². The van der Waals surface area contributed by atoms with Crippen molar-refractivity contribution in [2.45, 2.75) is 38.4 Å². The topological polar surface area (TPSA) is 26.3 Å².